The molecule has 0 aromatic heterocycles. The van der Waals surface area contributed by atoms with Crippen molar-refractivity contribution < 1.29 is 5.11 Å². The molecule has 2 atom stereocenters. The van der Waals surface area contributed by atoms with E-state index in [4.69, 9.17) is 0 Å². The molecule has 2 nitrogen and oxygen atoms in total. The van der Waals surface area contributed by atoms with E-state index in [1.54, 1.807) is 0 Å². The largest absolute Gasteiger partial charge is 0.392 e. The minimum atomic E-state index is -0.155. The van der Waals surface area contributed by atoms with Gasteiger partial charge in [0.1, 0.15) is 0 Å². The van der Waals surface area contributed by atoms with E-state index < -0.39 is 0 Å². The van der Waals surface area contributed by atoms with Crippen molar-refractivity contribution in [2.45, 2.75) is 33.3 Å². The molecule has 1 aliphatic rings. The van der Waals surface area contributed by atoms with Crippen LogP contribution in [-0.2, 0) is 0 Å². The Morgan fingerprint density at radius 1 is 1.45 bits per heavy atom. The van der Waals surface area contributed by atoms with Gasteiger partial charge in [-0.1, -0.05) is 20.8 Å². The van der Waals surface area contributed by atoms with E-state index in [-0.39, 0.29) is 11.5 Å². The maximum atomic E-state index is 9.85. The highest BCUT2D eigenvalue weighted by Crippen LogP contribution is 2.28. The Balaban J connectivity index is 2.46. The van der Waals surface area contributed by atoms with Crippen LogP contribution < -0.4 is 5.32 Å². The van der Waals surface area contributed by atoms with Gasteiger partial charge in [-0.2, -0.15) is 0 Å². The van der Waals surface area contributed by atoms with Gasteiger partial charge in [0, 0.05) is 6.54 Å². The van der Waals surface area contributed by atoms with E-state index in [0.29, 0.717) is 5.92 Å². The molecule has 1 rings (SSSR count). The molecule has 1 saturated heterocycles. The van der Waals surface area contributed by atoms with Crippen molar-refractivity contribution in [2.75, 3.05) is 13.1 Å². The first kappa shape index (κ1) is 9.01. The summed E-state index contributed by atoms with van der Waals surface area (Å²) in [7, 11) is 0. The second-order valence-electron chi connectivity index (χ2n) is 4.56. The second kappa shape index (κ2) is 3.11. The summed E-state index contributed by atoms with van der Waals surface area (Å²) in [6.45, 7) is 8.33. The molecule has 0 aliphatic carbocycles. The second-order valence-corrected chi connectivity index (χ2v) is 4.56. The lowest BCUT2D eigenvalue weighted by Gasteiger charge is -2.30. The smallest absolute Gasteiger partial charge is 0.0629 e. The Kier molecular flexibility index (Phi) is 2.55. The molecule has 1 heterocycles. The molecular formula is C9H19NO. The van der Waals surface area contributed by atoms with Crippen LogP contribution in [0.4, 0.5) is 0 Å². The standard InChI is InChI=1S/C9H19NO/c1-9(2,3)8(11)7-4-5-10-6-7/h7-8,10-11H,4-6H2,1-3H3/t7-,8?/m1/s1. The molecule has 66 valence electrons. The van der Waals surface area contributed by atoms with Crippen LogP contribution in [0.25, 0.3) is 0 Å². The number of hydrogen-bond donors (Lipinski definition) is 2. The third kappa shape index (κ3) is 2.17. The predicted molar refractivity (Wildman–Crippen MR) is 46.4 cm³/mol. The lowest BCUT2D eigenvalue weighted by Crippen LogP contribution is -2.34. The average molecular weight is 157 g/mol. The van der Waals surface area contributed by atoms with Crippen molar-refractivity contribution in [2.24, 2.45) is 11.3 Å². The predicted octanol–water partition coefficient (Wildman–Crippen LogP) is 1.00. The quantitative estimate of drug-likeness (QED) is 0.595. The number of hydrogen-bond acceptors (Lipinski definition) is 2. The number of aliphatic hydroxyl groups is 1. The third-order valence-electron chi connectivity index (χ3n) is 2.43. The molecule has 0 aromatic carbocycles. The van der Waals surface area contributed by atoms with Gasteiger partial charge in [-0.15, -0.1) is 0 Å². The highest BCUT2D eigenvalue weighted by Gasteiger charge is 2.31. The molecule has 11 heavy (non-hydrogen) atoms. The number of rotatable bonds is 1. The fourth-order valence-electron chi connectivity index (χ4n) is 1.65. The van der Waals surface area contributed by atoms with Crippen molar-refractivity contribution in [1.29, 1.82) is 0 Å². The molecule has 1 unspecified atom stereocenters. The van der Waals surface area contributed by atoms with Crippen molar-refractivity contribution in [3.63, 3.8) is 0 Å². The molecule has 0 spiro atoms. The summed E-state index contributed by atoms with van der Waals surface area (Å²) >= 11 is 0. The Labute approximate surface area is 69.0 Å². The summed E-state index contributed by atoms with van der Waals surface area (Å²) < 4.78 is 0. The summed E-state index contributed by atoms with van der Waals surface area (Å²) in [6.07, 6.45) is 0.968. The molecule has 2 N–H and O–H groups in total. The van der Waals surface area contributed by atoms with Gasteiger partial charge in [0.25, 0.3) is 0 Å². The van der Waals surface area contributed by atoms with Gasteiger partial charge in [0.15, 0.2) is 0 Å². The first-order valence-electron chi connectivity index (χ1n) is 4.40. The van der Waals surface area contributed by atoms with E-state index in [1.807, 2.05) is 0 Å². The maximum absolute atomic E-state index is 9.85. The van der Waals surface area contributed by atoms with Gasteiger partial charge in [-0.3, -0.25) is 0 Å². The molecule has 0 amide bonds. The fourth-order valence-corrected chi connectivity index (χ4v) is 1.65. The Morgan fingerprint density at radius 2 is 2.09 bits per heavy atom. The highest BCUT2D eigenvalue weighted by molar-refractivity contribution is 4.84. The zero-order chi connectivity index (χ0) is 8.48. The fraction of sp³-hybridized carbons (Fsp3) is 1.00. The summed E-state index contributed by atoms with van der Waals surface area (Å²) in [6, 6.07) is 0. The molecule has 0 aromatic rings. The number of nitrogens with one attached hydrogen (secondary N) is 1. The van der Waals surface area contributed by atoms with E-state index in [1.165, 1.54) is 0 Å². The highest BCUT2D eigenvalue weighted by atomic mass is 16.3. The molecular weight excluding hydrogens is 138 g/mol. The van der Waals surface area contributed by atoms with Gasteiger partial charge < -0.3 is 10.4 Å². The molecule has 1 fully saturated rings. The SMILES string of the molecule is CC(C)(C)C(O)[C@@H]1CCNC1. The zero-order valence-corrected chi connectivity index (χ0v) is 7.72. The summed E-state index contributed by atoms with van der Waals surface area (Å²) in [4.78, 5) is 0. The molecule has 0 saturated carbocycles. The number of aliphatic hydroxyl groups excluding tert-OH is 1. The summed E-state index contributed by atoms with van der Waals surface area (Å²) in [5.74, 6) is 0.468. The molecule has 2 heteroatoms. The normalized spacial score (nSPS) is 28.9. The van der Waals surface area contributed by atoms with Crippen molar-refractivity contribution >= 4 is 0 Å². The molecule has 0 radical (unpaired) electrons. The van der Waals surface area contributed by atoms with E-state index in [0.717, 1.165) is 19.5 Å². The van der Waals surface area contributed by atoms with Crippen LogP contribution in [-0.4, -0.2) is 24.3 Å². The lowest BCUT2D eigenvalue weighted by molar-refractivity contribution is 0.0187. The molecule has 1 aliphatic heterocycles. The van der Waals surface area contributed by atoms with Crippen molar-refractivity contribution in [1.82, 2.24) is 5.32 Å². The molecule has 0 bridgehead atoms. The zero-order valence-electron chi connectivity index (χ0n) is 7.72. The van der Waals surface area contributed by atoms with Crippen LogP contribution in [0.5, 0.6) is 0 Å². The topological polar surface area (TPSA) is 32.3 Å². The first-order chi connectivity index (χ1) is 5.02. The van der Waals surface area contributed by atoms with Gasteiger partial charge in [0.05, 0.1) is 6.10 Å². The maximum Gasteiger partial charge on any atom is 0.0629 e. The van der Waals surface area contributed by atoms with Crippen LogP contribution in [0.1, 0.15) is 27.2 Å². The van der Waals surface area contributed by atoms with Gasteiger partial charge in [-0.05, 0) is 24.3 Å². The van der Waals surface area contributed by atoms with Crippen LogP contribution in [0.3, 0.4) is 0 Å². The summed E-state index contributed by atoms with van der Waals surface area (Å²) in [5.41, 5.74) is 0.0384. The minimum absolute atomic E-state index is 0.0384. The van der Waals surface area contributed by atoms with Crippen LogP contribution in [0.2, 0.25) is 0 Å². The first-order valence-corrected chi connectivity index (χ1v) is 4.40. The average Bonchev–Trinajstić information content (AvgIpc) is 2.34. The van der Waals surface area contributed by atoms with Crippen LogP contribution in [0, 0.1) is 11.3 Å². The van der Waals surface area contributed by atoms with Crippen molar-refractivity contribution in [3.8, 4) is 0 Å². The van der Waals surface area contributed by atoms with E-state index in [9.17, 15) is 5.11 Å². The Morgan fingerprint density at radius 3 is 2.45 bits per heavy atom. The summed E-state index contributed by atoms with van der Waals surface area (Å²) in [5, 5.41) is 13.1. The monoisotopic (exact) mass is 157 g/mol. The van der Waals surface area contributed by atoms with Gasteiger partial charge in [-0.25, -0.2) is 0 Å². The van der Waals surface area contributed by atoms with Gasteiger partial charge >= 0.3 is 0 Å². The Bertz CT molecular complexity index is 122. The van der Waals surface area contributed by atoms with Crippen LogP contribution in [0.15, 0.2) is 0 Å². The minimum Gasteiger partial charge on any atom is -0.392 e. The van der Waals surface area contributed by atoms with Crippen LogP contribution >= 0.6 is 0 Å². The Hall–Kier alpha value is -0.0800. The van der Waals surface area contributed by atoms with E-state index >= 15 is 0 Å². The van der Waals surface area contributed by atoms with Gasteiger partial charge in [0.2, 0.25) is 0 Å². The lowest BCUT2D eigenvalue weighted by atomic mass is 9.81. The third-order valence-corrected chi connectivity index (χ3v) is 2.43. The van der Waals surface area contributed by atoms with E-state index in [2.05, 4.69) is 26.1 Å². The van der Waals surface area contributed by atoms with Crippen molar-refractivity contribution in [3.05, 3.63) is 0 Å².